The molecule has 0 unspecified atom stereocenters. The topological polar surface area (TPSA) is 93.0 Å². The number of anilines is 1. The quantitative estimate of drug-likeness (QED) is 0.283. The fourth-order valence-electron chi connectivity index (χ4n) is 3.93. The molecule has 0 aliphatic carbocycles. The Morgan fingerprint density at radius 1 is 0.941 bits per heavy atom. The van der Waals surface area contributed by atoms with Gasteiger partial charge in [-0.2, -0.15) is 0 Å². The number of hydrogen-bond donors (Lipinski definition) is 0. The second kappa shape index (κ2) is 9.58. The minimum absolute atomic E-state index is 0.0958. The first-order chi connectivity index (χ1) is 16.4. The van der Waals surface area contributed by atoms with Crippen LogP contribution in [0.25, 0.3) is 5.57 Å². The number of nitro groups is 1. The van der Waals surface area contributed by atoms with Crippen LogP contribution >= 0.6 is 0 Å². The highest BCUT2D eigenvalue weighted by Gasteiger charge is 2.42. The zero-order valence-corrected chi connectivity index (χ0v) is 18.8. The van der Waals surface area contributed by atoms with Gasteiger partial charge in [0, 0.05) is 31.8 Å². The molecule has 3 aromatic carbocycles. The molecule has 0 N–H and O–H groups in total. The third-order valence-corrected chi connectivity index (χ3v) is 5.46. The molecular weight excluding hydrogens is 434 g/mol. The lowest BCUT2D eigenvalue weighted by Gasteiger charge is -2.22. The van der Waals surface area contributed by atoms with Crippen molar-refractivity contribution in [2.75, 3.05) is 18.6 Å². The van der Waals surface area contributed by atoms with E-state index in [4.69, 9.17) is 4.74 Å². The molecule has 0 fully saturated rings. The van der Waals surface area contributed by atoms with E-state index >= 15 is 0 Å². The largest absolute Gasteiger partial charge is 0.494 e. The zero-order valence-electron chi connectivity index (χ0n) is 18.8. The van der Waals surface area contributed by atoms with E-state index in [1.807, 2.05) is 37.3 Å². The highest BCUT2D eigenvalue weighted by atomic mass is 16.6. The second-order valence-electron chi connectivity index (χ2n) is 7.75. The Morgan fingerprint density at radius 2 is 1.65 bits per heavy atom. The summed E-state index contributed by atoms with van der Waals surface area (Å²) in [6, 6.07) is 22.0. The molecule has 0 aromatic heterocycles. The first-order valence-electron chi connectivity index (χ1n) is 10.8. The van der Waals surface area contributed by atoms with Crippen LogP contribution < -0.4 is 9.64 Å². The molecule has 0 radical (unpaired) electrons. The molecule has 0 atom stereocenters. The van der Waals surface area contributed by atoms with Crippen LogP contribution in [0.5, 0.6) is 5.75 Å². The highest BCUT2D eigenvalue weighted by molar-refractivity contribution is 6.45. The lowest BCUT2D eigenvalue weighted by molar-refractivity contribution is -0.384. The van der Waals surface area contributed by atoms with E-state index < -0.39 is 16.7 Å². The van der Waals surface area contributed by atoms with E-state index in [1.54, 1.807) is 36.2 Å². The predicted octanol–water partition coefficient (Wildman–Crippen LogP) is 4.41. The van der Waals surface area contributed by atoms with Crippen molar-refractivity contribution in [3.8, 4) is 5.75 Å². The summed E-state index contributed by atoms with van der Waals surface area (Å²) in [5, 5.41) is 11.1. The molecular formula is C26H23N3O5. The molecule has 8 nitrogen and oxygen atoms in total. The van der Waals surface area contributed by atoms with E-state index in [0.29, 0.717) is 30.2 Å². The summed E-state index contributed by atoms with van der Waals surface area (Å²) >= 11 is 0. The molecule has 1 aliphatic rings. The van der Waals surface area contributed by atoms with E-state index in [-0.39, 0.29) is 17.0 Å². The Morgan fingerprint density at radius 3 is 2.29 bits per heavy atom. The number of imide groups is 1. The summed E-state index contributed by atoms with van der Waals surface area (Å²) < 4.78 is 5.54. The fraction of sp³-hybridized carbons (Fsp3) is 0.154. The minimum atomic E-state index is -0.506. The van der Waals surface area contributed by atoms with Crippen molar-refractivity contribution in [2.45, 2.75) is 13.5 Å². The molecule has 0 spiro atoms. The summed E-state index contributed by atoms with van der Waals surface area (Å²) in [6.45, 7) is 2.70. The zero-order chi connectivity index (χ0) is 24.2. The molecule has 4 rings (SSSR count). The molecule has 34 heavy (non-hydrogen) atoms. The van der Waals surface area contributed by atoms with Crippen LogP contribution in [0.2, 0.25) is 0 Å². The third kappa shape index (κ3) is 4.38. The number of carbonyl (C=O) groups excluding carboxylic acids is 2. The summed E-state index contributed by atoms with van der Waals surface area (Å²) in [4.78, 5) is 40.7. The Labute approximate surface area is 196 Å². The van der Waals surface area contributed by atoms with Crippen molar-refractivity contribution in [3.63, 3.8) is 0 Å². The van der Waals surface area contributed by atoms with E-state index in [0.717, 1.165) is 10.5 Å². The van der Waals surface area contributed by atoms with Gasteiger partial charge in [0.05, 0.1) is 22.8 Å². The molecule has 2 amide bonds. The molecule has 0 bridgehead atoms. The van der Waals surface area contributed by atoms with Gasteiger partial charge in [-0.05, 0) is 42.3 Å². The van der Waals surface area contributed by atoms with Gasteiger partial charge in [0.2, 0.25) is 0 Å². The van der Waals surface area contributed by atoms with Crippen molar-refractivity contribution in [1.29, 1.82) is 0 Å². The smallest absolute Gasteiger partial charge is 0.282 e. The fourth-order valence-corrected chi connectivity index (χ4v) is 3.93. The van der Waals surface area contributed by atoms with Crippen molar-refractivity contribution in [3.05, 3.63) is 106 Å². The molecule has 172 valence electrons. The second-order valence-corrected chi connectivity index (χ2v) is 7.75. The number of likely N-dealkylation sites (N-methyl/N-ethyl adjacent to an activating group) is 1. The summed E-state index contributed by atoms with van der Waals surface area (Å²) in [6.07, 6.45) is 0. The summed E-state index contributed by atoms with van der Waals surface area (Å²) in [7, 11) is 1.75. The third-order valence-electron chi connectivity index (χ3n) is 5.46. The van der Waals surface area contributed by atoms with Crippen LogP contribution in [0, 0.1) is 10.1 Å². The molecule has 3 aromatic rings. The normalized spacial score (nSPS) is 13.4. The summed E-state index contributed by atoms with van der Waals surface area (Å²) in [5.74, 6) is -0.420. The maximum absolute atomic E-state index is 13.6. The van der Waals surface area contributed by atoms with Gasteiger partial charge in [-0.3, -0.25) is 19.7 Å². The van der Waals surface area contributed by atoms with E-state index in [2.05, 4.69) is 0 Å². The standard InChI is InChI=1S/C26H23N3O5/c1-3-34-22-11-7-10-21(16-22)28-25(30)23(19-12-14-20(15-13-19)29(32)33)24(26(28)31)27(2)17-18-8-5-4-6-9-18/h4-16H,3,17H2,1-2H3. The Bertz CT molecular complexity index is 1270. The average molecular weight is 457 g/mol. The first kappa shape index (κ1) is 22.7. The maximum Gasteiger partial charge on any atom is 0.282 e. The van der Waals surface area contributed by atoms with Gasteiger partial charge >= 0.3 is 0 Å². The van der Waals surface area contributed by atoms with E-state index in [1.165, 1.54) is 24.3 Å². The van der Waals surface area contributed by atoms with Crippen LogP contribution in [-0.2, 0) is 16.1 Å². The number of carbonyl (C=O) groups is 2. The Balaban J connectivity index is 1.79. The summed E-state index contributed by atoms with van der Waals surface area (Å²) in [5.41, 5.74) is 2.12. The number of benzene rings is 3. The Hall–Kier alpha value is -4.46. The van der Waals surface area contributed by atoms with Crippen molar-refractivity contribution in [1.82, 2.24) is 4.90 Å². The number of ether oxygens (including phenoxy) is 1. The molecule has 0 saturated heterocycles. The maximum atomic E-state index is 13.6. The first-order valence-corrected chi connectivity index (χ1v) is 10.8. The number of hydrogen-bond acceptors (Lipinski definition) is 6. The van der Waals surface area contributed by atoms with Gasteiger partial charge in [0.25, 0.3) is 17.5 Å². The SMILES string of the molecule is CCOc1cccc(N2C(=O)C(c3ccc([N+](=O)[O-])cc3)=C(N(C)Cc3ccccc3)C2=O)c1. The molecule has 0 saturated carbocycles. The van der Waals surface area contributed by atoms with Crippen LogP contribution in [0.3, 0.4) is 0 Å². The molecule has 8 heteroatoms. The van der Waals surface area contributed by atoms with E-state index in [9.17, 15) is 19.7 Å². The van der Waals surface area contributed by atoms with Gasteiger partial charge in [-0.25, -0.2) is 4.90 Å². The number of nitrogens with zero attached hydrogens (tertiary/aromatic N) is 3. The van der Waals surface area contributed by atoms with Gasteiger partial charge in [0.1, 0.15) is 11.4 Å². The highest BCUT2D eigenvalue weighted by Crippen LogP contribution is 2.36. The minimum Gasteiger partial charge on any atom is -0.494 e. The lowest BCUT2D eigenvalue weighted by atomic mass is 10.0. The average Bonchev–Trinajstić information content (AvgIpc) is 3.10. The van der Waals surface area contributed by atoms with Gasteiger partial charge in [-0.1, -0.05) is 36.4 Å². The van der Waals surface area contributed by atoms with Gasteiger partial charge in [-0.15, -0.1) is 0 Å². The lowest BCUT2D eigenvalue weighted by Crippen LogP contribution is -2.34. The van der Waals surface area contributed by atoms with Crippen molar-refractivity contribution < 1.29 is 19.2 Å². The van der Waals surface area contributed by atoms with Crippen LogP contribution in [-0.4, -0.2) is 35.3 Å². The Kier molecular flexibility index (Phi) is 6.40. The number of non-ortho nitro benzene ring substituents is 1. The van der Waals surface area contributed by atoms with Gasteiger partial charge in [0.15, 0.2) is 0 Å². The molecule has 1 heterocycles. The van der Waals surface area contributed by atoms with Crippen LogP contribution in [0.4, 0.5) is 11.4 Å². The number of amides is 2. The van der Waals surface area contributed by atoms with Crippen molar-refractivity contribution in [2.24, 2.45) is 0 Å². The monoisotopic (exact) mass is 457 g/mol. The van der Waals surface area contributed by atoms with Gasteiger partial charge < -0.3 is 9.64 Å². The van der Waals surface area contributed by atoms with Crippen LogP contribution in [0.15, 0.2) is 84.6 Å². The number of nitro benzene ring substituents is 1. The van der Waals surface area contributed by atoms with Crippen LogP contribution in [0.1, 0.15) is 18.1 Å². The molecule has 1 aliphatic heterocycles. The number of rotatable bonds is 8. The predicted molar refractivity (Wildman–Crippen MR) is 128 cm³/mol. The van der Waals surface area contributed by atoms with Crippen molar-refractivity contribution >= 4 is 28.8 Å².